The van der Waals surface area contributed by atoms with Crippen LogP contribution >= 0.6 is 11.6 Å². The summed E-state index contributed by atoms with van der Waals surface area (Å²) in [5.41, 5.74) is 0.989. The Kier molecular flexibility index (Phi) is 7.80. The lowest BCUT2D eigenvalue weighted by molar-refractivity contribution is 0.191. The number of aromatic nitrogens is 2. The van der Waals surface area contributed by atoms with Gasteiger partial charge in [0.15, 0.2) is 0 Å². The second-order valence-corrected chi connectivity index (χ2v) is 5.24. The van der Waals surface area contributed by atoms with Gasteiger partial charge in [0.1, 0.15) is 17.3 Å². The van der Waals surface area contributed by atoms with Crippen LogP contribution in [-0.4, -0.2) is 50.5 Å². The van der Waals surface area contributed by atoms with Crippen molar-refractivity contribution in [3.05, 3.63) is 17.0 Å². The molecule has 5 nitrogen and oxygen atoms in total. The maximum absolute atomic E-state index is 6.23. The van der Waals surface area contributed by atoms with Crippen LogP contribution < -0.4 is 4.90 Å². The van der Waals surface area contributed by atoms with E-state index in [2.05, 4.69) is 28.7 Å². The van der Waals surface area contributed by atoms with Gasteiger partial charge in [0, 0.05) is 39.5 Å². The second kappa shape index (κ2) is 9.10. The third-order valence-electron chi connectivity index (χ3n) is 3.03. The molecule has 114 valence electrons. The molecule has 6 heteroatoms. The molecule has 0 aliphatic heterocycles. The van der Waals surface area contributed by atoms with Crippen LogP contribution in [0.4, 0.5) is 5.82 Å². The first-order valence-corrected chi connectivity index (χ1v) is 7.22. The molecular weight excluding hydrogens is 278 g/mol. The standard InChI is InChI=1S/C14H24ClN3O2/c1-11(2)12-13(15)16-10-17-14(12)18(7-9-20-4)6-5-8-19-3/h10-11H,5-9H2,1-4H3. The van der Waals surface area contributed by atoms with Gasteiger partial charge in [-0.25, -0.2) is 9.97 Å². The molecule has 0 fully saturated rings. The molecule has 0 aromatic carbocycles. The number of halogens is 1. The number of ether oxygens (including phenoxy) is 2. The van der Waals surface area contributed by atoms with E-state index in [1.54, 1.807) is 14.2 Å². The van der Waals surface area contributed by atoms with Gasteiger partial charge in [0.2, 0.25) is 0 Å². The highest BCUT2D eigenvalue weighted by Gasteiger charge is 2.18. The molecule has 0 radical (unpaired) electrons. The minimum absolute atomic E-state index is 0.270. The lowest BCUT2D eigenvalue weighted by atomic mass is 10.1. The first-order valence-electron chi connectivity index (χ1n) is 6.85. The lowest BCUT2D eigenvalue weighted by Gasteiger charge is -2.26. The molecule has 1 rings (SSSR count). The summed E-state index contributed by atoms with van der Waals surface area (Å²) in [7, 11) is 3.41. The van der Waals surface area contributed by atoms with Gasteiger partial charge < -0.3 is 14.4 Å². The fourth-order valence-corrected chi connectivity index (χ4v) is 2.39. The van der Waals surface area contributed by atoms with Crippen molar-refractivity contribution in [1.82, 2.24) is 9.97 Å². The van der Waals surface area contributed by atoms with Crippen LogP contribution in [0.5, 0.6) is 0 Å². The van der Waals surface area contributed by atoms with Gasteiger partial charge >= 0.3 is 0 Å². The van der Waals surface area contributed by atoms with Crippen molar-refractivity contribution in [1.29, 1.82) is 0 Å². The SMILES string of the molecule is COCCCN(CCOC)c1ncnc(Cl)c1C(C)C. The predicted octanol–water partition coefficient (Wildman–Crippen LogP) is 2.74. The summed E-state index contributed by atoms with van der Waals surface area (Å²) in [5.74, 6) is 1.17. The summed E-state index contributed by atoms with van der Waals surface area (Å²) in [6.45, 7) is 7.18. The molecule has 1 aromatic heterocycles. The van der Waals surface area contributed by atoms with Crippen molar-refractivity contribution in [3.63, 3.8) is 0 Å². The van der Waals surface area contributed by atoms with Crippen molar-refractivity contribution in [2.45, 2.75) is 26.2 Å². The third kappa shape index (κ3) is 4.89. The maximum atomic E-state index is 6.23. The Morgan fingerprint density at radius 1 is 1.15 bits per heavy atom. The van der Waals surface area contributed by atoms with Gasteiger partial charge in [0.05, 0.1) is 6.61 Å². The van der Waals surface area contributed by atoms with Gasteiger partial charge in [-0.2, -0.15) is 0 Å². The molecule has 0 saturated heterocycles. The molecule has 0 aliphatic rings. The fourth-order valence-electron chi connectivity index (χ4n) is 2.04. The molecule has 0 atom stereocenters. The summed E-state index contributed by atoms with van der Waals surface area (Å²) >= 11 is 6.23. The first kappa shape index (κ1) is 17.1. The zero-order valence-electron chi connectivity index (χ0n) is 12.7. The van der Waals surface area contributed by atoms with Crippen molar-refractivity contribution < 1.29 is 9.47 Å². The van der Waals surface area contributed by atoms with Crippen LogP contribution in [0.1, 0.15) is 31.7 Å². The summed E-state index contributed by atoms with van der Waals surface area (Å²) in [6.07, 6.45) is 2.44. The van der Waals surface area contributed by atoms with E-state index in [1.807, 2.05) is 0 Å². The van der Waals surface area contributed by atoms with E-state index in [1.165, 1.54) is 6.33 Å². The molecule has 0 bridgehead atoms. The molecule has 0 aliphatic carbocycles. The van der Waals surface area contributed by atoms with Crippen LogP contribution in [-0.2, 0) is 9.47 Å². The second-order valence-electron chi connectivity index (χ2n) is 4.88. The van der Waals surface area contributed by atoms with Gasteiger partial charge in [0.25, 0.3) is 0 Å². The van der Waals surface area contributed by atoms with Gasteiger partial charge in [-0.05, 0) is 12.3 Å². The molecule has 1 aromatic rings. The van der Waals surface area contributed by atoms with Crippen LogP contribution in [0.3, 0.4) is 0 Å². The summed E-state index contributed by atoms with van der Waals surface area (Å²) in [4.78, 5) is 10.7. The Hall–Kier alpha value is -0.910. The molecule has 0 spiro atoms. The zero-order chi connectivity index (χ0) is 15.0. The van der Waals surface area contributed by atoms with E-state index < -0.39 is 0 Å². The Bertz CT molecular complexity index is 402. The van der Waals surface area contributed by atoms with Gasteiger partial charge in [-0.3, -0.25) is 0 Å². The van der Waals surface area contributed by atoms with Crippen LogP contribution in [0.25, 0.3) is 0 Å². The molecule has 20 heavy (non-hydrogen) atoms. The quantitative estimate of drug-likeness (QED) is 0.518. The Morgan fingerprint density at radius 2 is 1.85 bits per heavy atom. The summed E-state index contributed by atoms with van der Waals surface area (Å²) < 4.78 is 10.3. The molecule has 1 heterocycles. The number of rotatable bonds is 9. The zero-order valence-corrected chi connectivity index (χ0v) is 13.5. The normalized spacial score (nSPS) is 11.1. The van der Waals surface area contributed by atoms with Crippen LogP contribution in [0.15, 0.2) is 6.33 Å². The number of hydrogen-bond donors (Lipinski definition) is 0. The van der Waals surface area contributed by atoms with E-state index in [0.717, 1.165) is 37.5 Å². The molecule has 0 saturated carbocycles. The van der Waals surface area contributed by atoms with Crippen molar-refractivity contribution in [2.75, 3.05) is 45.4 Å². The molecule has 0 unspecified atom stereocenters. The van der Waals surface area contributed by atoms with Gasteiger partial charge in [-0.15, -0.1) is 0 Å². The average Bonchev–Trinajstić information content (AvgIpc) is 2.42. The number of hydrogen-bond acceptors (Lipinski definition) is 5. The third-order valence-corrected chi connectivity index (χ3v) is 3.33. The summed E-state index contributed by atoms with van der Waals surface area (Å²) in [5, 5.41) is 0.527. The Morgan fingerprint density at radius 3 is 2.45 bits per heavy atom. The number of nitrogens with zero attached hydrogens (tertiary/aromatic N) is 3. The van der Waals surface area contributed by atoms with Gasteiger partial charge in [-0.1, -0.05) is 25.4 Å². The highest BCUT2D eigenvalue weighted by molar-refractivity contribution is 6.30. The van der Waals surface area contributed by atoms with E-state index >= 15 is 0 Å². The van der Waals surface area contributed by atoms with Crippen molar-refractivity contribution >= 4 is 17.4 Å². The van der Waals surface area contributed by atoms with Crippen molar-refractivity contribution in [2.24, 2.45) is 0 Å². The van der Waals surface area contributed by atoms with E-state index in [-0.39, 0.29) is 5.92 Å². The molecule has 0 amide bonds. The Labute approximate surface area is 126 Å². The fraction of sp³-hybridized carbons (Fsp3) is 0.714. The highest BCUT2D eigenvalue weighted by Crippen LogP contribution is 2.30. The lowest BCUT2D eigenvalue weighted by Crippen LogP contribution is -2.31. The minimum atomic E-state index is 0.270. The topological polar surface area (TPSA) is 47.5 Å². The van der Waals surface area contributed by atoms with Crippen LogP contribution in [0.2, 0.25) is 5.15 Å². The smallest absolute Gasteiger partial charge is 0.138 e. The van der Waals surface area contributed by atoms with Crippen molar-refractivity contribution in [3.8, 4) is 0 Å². The molecular formula is C14H24ClN3O2. The monoisotopic (exact) mass is 301 g/mol. The number of methoxy groups -OCH3 is 2. The summed E-state index contributed by atoms with van der Waals surface area (Å²) in [6, 6.07) is 0. The Balaban J connectivity index is 2.96. The molecule has 0 N–H and O–H groups in total. The van der Waals surface area contributed by atoms with E-state index in [0.29, 0.717) is 11.8 Å². The van der Waals surface area contributed by atoms with E-state index in [4.69, 9.17) is 21.1 Å². The van der Waals surface area contributed by atoms with E-state index in [9.17, 15) is 0 Å². The maximum Gasteiger partial charge on any atom is 0.138 e. The predicted molar refractivity (Wildman–Crippen MR) is 81.7 cm³/mol. The number of anilines is 1. The minimum Gasteiger partial charge on any atom is -0.385 e. The largest absolute Gasteiger partial charge is 0.385 e. The average molecular weight is 302 g/mol. The van der Waals surface area contributed by atoms with Crippen LogP contribution in [0, 0.1) is 0 Å². The first-order chi connectivity index (χ1) is 9.61. The highest BCUT2D eigenvalue weighted by atomic mass is 35.5.